The number of benzene rings is 1. The van der Waals surface area contributed by atoms with Crippen LogP contribution in [-0.4, -0.2) is 41.2 Å². The van der Waals surface area contributed by atoms with E-state index in [2.05, 4.69) is 0 Å². The maximum absolute atomic E-state index is 11.9. The molecule has 0 saturated carbocycles. The molecule has 21 heavy (non-hydrogen) atoms. The van der Waals surface area contributed by atoms with E-state index >= 15 is 0 Å². The van der Waals surface area contributed by atoms with Crippen molar-refractivity contribution in [1.82, 2.24) is 4.90 Å². The monoisotopic (exact) mass is 294 g/mol. The first kappa shape index (κ1) is 17.0. The van der Waals surface area contributed by atoms with Gasteiger partial charge in [0.25, 0.3) is 0 Å². The Hall–Kier alpha value is -2.08. The van der Waals surface area contributed by atoms with Gasteiger partial charge in [0, 0.05) is 13.1 Å². The van der Waals surface area contributed by atoms with Gasteiger partial charge in [0.05, 0.1) is 0 Å². The zero-order chi connectivity index (χ0) is 15.8. The minimum Gasteiger partial charge on any atom is -0.480 e. The van der Waals surface area contributed by atoms with Crippen molar-refractivity contribution in [2.75, 3.05) is 7.05 Å². The molecule has 0 spiro atoms. The Morgan fingerprint density at radius 1 is 1.29 bits per heavy atom. The van der Waals surface area contributed by atoms with Crippen molar-refractivity contribution in [1.29, 1.82) is 0 Å². The molecule has 0 aliphatic rings. The molecule has 1 aromatic rings. The van der Waals surface area contributed by atoms with Crippen LogP contribution >= 0.6 is 0 Å². The van der Waals surface area contributed by atoms with Crippen LogP contribution in [0.3, 0.4) is 0 Å². The molecule has 116 valence electrons. The molecule has 1 amide bonds. The summed E-state index contributed by atoms with van der Waals surface area (Å²) in [5, 5.41) is 8.72. The third-order valence-electron chi connectivity index (χ3n) is 3.37. The Balaban J connectivity index is 2.37. The lowest BCUT2D eigenvalue weighted by Gasteiger charge is -2.24. The van der Waals surface area contributed by atoms with E-state index in [9.17, 15) is 9.59 Å². The van der Waals surface area contributed by atoms with Crippen LogP contribution in [0.5, 0.6) is 0 Å². The Morgan fingerprint density at radius 2 is 1.90 bits per heavy atom. The van der Waals surface area contributed by atoms with E-state index < -0.39 is 18.1 Å². The maximum Gasteiger partial charge on any atom is 0.410 e. The molecule has 2 atom stereocenters. The third kappa shape index (κ3) is 5.83. The zero-order valence-electron chi connectivity index (χ0n) is 12.4. The van der Waals surface area contributed by atoms with Crippen molar-refractivity contribution in [3.63, 3.8) is 0 Å². The number of carbonyl (C=O) groups excluding carboxylic acids is 1. The molecule has 0 aromatic heterocycles. The molecule has 0 bridgehead atoms. The van der Waals surface area contributed by atoms with Crippen LogP contribution in [0.2, 0.25) is 0 Å². The largest absolute Gasteiger partial charge is 0.480 e. The van der Waals surface area contributed by atoms with Crippen molar-refractivity contribution in [3.8, 4) is 0 Å². The van der Waals surface area contributed by atoms with Crippen LogP contribution in [0, 0.1) is 0 Å². The second-order valence-electron chi connectivity index (χ2n) is 5.02. The summed E-state index contributed by atoms with van der Waals surface area (Å²) in [6.45, 7) is 2.05. The first-order valence-electron chi connectivity index (χ1n) is 6.83. The number of amides is 1. The van der Waals surface area contributed by atoms with E-state index in [1.54, 1.807) is 7.05 Å². The summed E-state index contributed by atoms with van der Waals surface area (Å²) >= 11 is 0. The van der Waals surface area contributed by atoms with Gasteiger partial charge in [0.2, 0.25) is 0 Å². The van der Waals surface area contributed by atoms with Gasteiger partial charge in [-0.3, -0.25) is 4.79 Å². The van der Waals surface area contributed by atoms with Crippen LogP contribution in [0.25, 0.3) is 0 Å². The highest BCUT2D eigenvalue weighted by atomic mass is 16.6. The minimum absolute atomic E-state index is 0.140. The first-order chi connectivity index (χ1) is 9.91. The summed E-state index contributed by atoms with van der Waals surface area (Å²) in [4.78, 5) is 24.0. The van der Waals surface area contributed by atoms with E-state index in [1.165, 1.54) is 4.90 Å². The number of carbonyl (C=O) groups is 2. The lowest BCUT2D eigenvalue weighted by molar-refractivity contribution is -0.138. The summed E-state index contributed by atoms with van der Waals surface area (Å²) in [5.74, 6) is -1.03. The molecule has 1 rings (SSSR count). The Kier molecular flexibility index (Phi) is 6.68. The number of aliphatic carboxylic acids is 1. The predicted octanol–water partition coefficient (Wildman–Crippen LogP) is 1.84. The summed E-state index contributed by atoms with van der Waals surface area (Å²) in [6, 6.07) is 8.36. The predicted molar refractivity (Wildman–Crippen MR) is 78.7 cm³/mol. The number of carboxylic acids is 1. The quantitative estimate of drug-likeness (QED) is 0.800. The molecule has 0 saturated heterocycles. The highest BCUT2D eigenvalue weighted by molar-refractivity contribution is 5.73. The molecule has 0 radical (unpaired) electrons. The number of nitrogens with two attached hydrogens (primary N) is 1. The summed E-state index contributed by atoms with van der Waals surface area (Å²) in [5.41, 5.74) is 6.36. The molecule has 1 unspecified atom stereocenters. The number of rotatable bonds is 7. The highest BCUT2D eigenvalue weighted by Gasteiger charge is 2.19. The molecular formula is C15H22N2O4. The molecule has 0 fully saturated rings. The van der Waals surface area contributed by atoms with Gasteiger partial charge in [-0.25, -0.2) is 4.79 Å². The molecular weight excluding hydrogens is 272 g/mol. The molecule has 0 aliphatic heterocycles. The van der Waals surface area contributed by atoms with E-state index in [4.69, 9.17) is 15.6 Å². The Bertz CT molecular complexity index is 464. The fourth-order valence-corrected chi connectivity index (χ4v) is 1.74. The van der Waals surface area contributed by atoms with Crippen LogP contribution < -0.4 is 5.73 Å². The fraction of sp³-hybridized carbons (Fsp3) is 0.467. The van der Waals surface area contributed by atoms with Crippen molar-refractivity contribution in [2.45, 2.75) is 38.5 Å². The average Bonchev–Trinajstić information content (AvgIpc) is 2.49. The van der Waals surface area contributed by atoms with Crippen molar-refractivity contribution >= 4 is 12.1 Å². The lowest BCUT2D eigenvalue weighted by Crippen LogP contribution is -2.38. The Morgan fingerprint density at radius 3 is 2.48 bits per heavy atom. The van der Waals surface area contributed by atoms with Gasteiger partial charge in [0.1, 0.15) is 12.6 Å². The molecule has 1 aromatic carbocycles. The van der Waals surface area contributed by atoms with Crippen molar-refractivity contribution in [3.05, 3.63) is 35.9 Å². The number of carboxylic acid groups (broad SMARTS) is 1. The number of hydrogen-bond acceptors (Lipinski definition) is 4. The van der Waals surface area contributed by atoms with Crippen LogP contribution in [0.4, 0.5) is 4.79 Å². The highest BCUT2D eigenvalue weighted by Crippen LogP contribution is 2.09. The topological polar surface area (TPSA) is 92.9 Å². The van der Waals surface area contributed by atoms with Gasteiger partial charge in [0.15, 0.2) is 0 Å². The van der Waals surface area contributed by atoms with E-state index in [-0.39, 0.29) is 12.6 Å². The SMILES string of the molecule is CC(CC[C@H](N)C(=O)O)N(C)C(=O)OCc1ccccc1. The molecule has 6 heteroatoms. The normalized spacial score (nSPS) is 13.3. The van der Waals surface area contributed by atoms with Gasteiger partial charge >= 0.3 is 12.1 Å². The maximum atomic E-state index is 11.9. The minimum atomic E-state index is -1.03. The second-order valence-corrected chi connectivity index (χ2v) is 5.02. The fourth-order valence-electron chi connectivity index (χ4n) is 1.74. The molecule has 3 N–H and O–H groups in total. The van der Waals surface area contributed by atoms with Crippen molar-refractivity contribution in [2.24, 2.45) is 5.73 Å². The van der Waals surface area contributed by atoms with Gasteiger partial charge in [-0.2, -0.15) is 0 Å². The molecule has 0 heterocycles. The third-order valence-corrected chi connectivity index (χ3v) is 3.37. The average molecular weight is 294 g/mol. The van der Waals surface area contributed by atoms with E-state index in [0.29, 0.717) is 12.8 Å². The first-order valence-corrected chi connectivity index (χ1v) is 6.83. The van der Waals surface area contributed by atoms with E-state index in [0.717, 1.165) is 5.56 Å². The molecule has 0 aliphatic carbocycles. The van der Waals surface area contributed by atoms with Crippen LogP contribution in [-0.2, 0) is 16.1 Å². The van der Waals surface area contributed by atoms with Crippen LogP contribution in [0.15, 0.2) is 30.3 Å². The summed E-state index contributed by atoms with van der Waals surface area (Å²) < 4.78 is 5.20. The second kappa shape index (κ2) is 8.26. The summed E-state index contributed by atoms with van der Waals surface area (Å²) in [6.07, 6.45) is 0.382. The lowest BCUT2D eigenvalue weighted by atomic mass is 10.1. The van der Waals surface area contributed by atoms with Gasteiger partial charge in [-0.1, -0.05) is 30.3 Å². The standard InChI is InChI=1S/C15H22N2O4/c1-11(8-9-13(16)14(18)19)17(2)15(20)21-10-12-6-4-3-5-7-12/h3-7,11,13H,8-10,16H2,1-2H3,(H,18,19)/t11?,13-/m0/s1. The smallest absolute Gasteiger partial charge is 0.410 e. The van der Waals surface area contributed by atoms with Gasteiger partial charge < -0.3 is 20.5 Å². The number of nitrogens with zero attached hydrogens (tertiary/aromatic N) is 1. The summed E-state index contributed by atoms with van der Waals surface area (Å²) in [7, 11) is 1.63. The van der Waals surface area contributed by atoms with Gasteiger partial charge in [-0.05, 0) is 25.3 Å². The van der Waals surface area contributed by atoms with E-state index in [1.807, 2.05) is 37.3 Å². The Labute approximate surface area is 124 Å². The molecule has 6 nitrogen and oxygen atoms in total. The zero-order valence-corrected chi connectivity index (χ0v) is 12.4. The number of ether oxygens (including phenoxy) is 1. The van der Waals surface area contributed by atoms with Gasteiger partial charge in [-0.15, -0.1) is 0 Å². The number of hydrogen-bond donors (Lipinski definition) is 2. The van der Waals surface area contributed by atoms with Crippen molar-refractivity contribution < 1.29 is 19.4 Å². The van der Waals surface area contributed by atoms with Crippen LogP contribution in [0.1, 0.15) is 25.3 Å².